The molecule has 0 saturated carbocycles. The first-order valence-corrected chi connectivity index (χ1v) is 9.37. The van der Waals surface area contributed by atoms with Crippen molar-refractivity contribution >= 4 is 16.0 Å². The van der Waals surface area contributed by atoms with Crippen molar-refractivity contribution in [3.63, 3.8) is 0 Å². The molecule has 0 spiro atoms. The number of benzene rings is 1. The van der Waals surface area contributed by atoms with Crippen molar-refractivity contribution in [2.75, 3.05) is 12.8 Å². The summed E-state index contributed by atoms with van der Waals surface area (Å²) in [6.07, 6.45) is 2.46. The maximum Gasteiger partial charge on any atom is 0.306 e. The van der Waals surface area contributed by atoms with Crippen LogP contribution in [0.5, 0.6) is 5.75 Å². The Balaban J connectivity index is 2.13. The minimum Gasteiger partial charge on any atom is -0.459 e. The van der Waals surface area contributed by atoms with E-state index in [1.165, 1.54) is 6.26 Å². The first kappa shape index (κ1) is 18.1. The summed E-state index contributed by atoms with van der Waals surface area (Å²) >= 11 is 0. The summed E-state index contributed by atoms with van der Waals surface area (Å²) in [4.78, 5) is 14.2. The molecule has 0 aliphatic rings. The van der Waals surface area contributed by atoms with E-state index in [1.54, 1.807) is 41.3 Å². The van der Waals surface area contributed by atoms with Crippen LogP contribution in [0.4, 0.5) is 0 Å². The predicted molar refractivity (Wildman–Crippen MR) is 90.2 cm³/mol. The van der Waals surface area contributed by atoms with Gasteiger partial charge in [0.25, 0.3) is 5.91 Å². The molecule has 0 fully saturated rings. The molecule has 2 rings (SSSR count). The minimum atomic E-state index is -3.55. The molecule has 130 valence electrons. The van der Waals surface area contributed by atoms with Crippen molar-refractivity contribution in [1.82, 2.24) is 4.90 Å². The van der Waals surface area contributed by atoms with Crippen molar-refractivity contribution in [2.45, 2.75) is 20.4 Å². The second-order valence-electron chi connectivity index (χ2n) is 5.99. The van der Waals surface area contributed by atoms with Crippen molar-refractivity contribution in [3.8, 4) is 5.75 Å². The van der Waals surface area contributed by atoms with Crippen LogP contribution in [0.1, 0.15) is 30.0 Å². The van der Waals surface area contributed by atoms with E-state index in [0.29, 0.717) is 24.8 Å². The standard InChI is InChI=1S/C17H21NO5S/c1-13(2)11-18(17(19)16-5-4-10-22-16)12-14-6-8-15(9-7-14)23-24(3,20)21/h4-10,13H,11-12H2,1-3H3. The van der Waals surface area contributed by atoms with E-state index in [-0.39, 0.29) is 11.7 Å². The first-order valence-electron chi connectivity index (χ1n) is 7.56. The normalized spacial score (nSPS) is 11.5. The molecule has 1 aromatic carbocycles. The fraction of sp³-hybridized carbons (Fsp3) is 0.353. The Bertz CT molecular complexity index is 764. The quantitative estimate of drug-likeness (QED) is 0.717. The van der Waals surface area contributed by atoms with Crippen LogP contribution in [0.3, 0.4) is 0 Å². The van der Waals surface area contributed by atoms with Gasteiger partial charge in [0, 0.05) is 13.1 Å². The van der Waals surface area contributed by atoms with Crippen LogP contribution < -0.4 is 4.18 Å². The molecule has 7 heteroatoms. The molecule has 0 bridgehead atoms. The van der Waals surface area contributed by atoms with Crippen LogP contribution in [0.15, 0.2) is 47.1 Å². The monoisotopic (exact) mass is 351 g/mol. The number of hydrogen-bond acceptors (Lipinski definition) is 5. The third-order valence-corrected chi connectivity index (χ3v) is 3.64. The summed E-state index contributed by atoms with van der Waals surface area (Å²) in [6.45, 7) is 5.05. The van der Waals surface area contributed by atoms with Gasteiger partial charge in [-0.15, -0.1) is 0 Å². The first-order chi connectivity index (χ1) is 11.2. The average Bonchev–Trinajstić information content (AvgIpc) is 3.00. The highest BCUT2D eigenvalue weighted by molar-refractivity contribution is 7.86. The van der Waals surface area contributed by atoms with Crippen LogP contribution >= 0.6 is 0 Å². The molecule has 24 heavy (non-hydrogen) atoms. The lowest BCUT2D eigenvalue weighted by Gasteiger charge is -2.24. The lowest BCUT2D eigenvalue weighted by molar-refractivity contribution is 0.0690. The molecule has 0 aliphatic carbocycles. The van der Waals surface area contributed by atoms with Gasteiger partial charge in [0.1, 0.15) is 5.75 Å². The van der Waals surface area contributed by atoms with E-state index in [1.807, 2.05) is 13.8 Å². The van der Waals surface area contributed by atoms with Gasteiger partial charge in [-0.1, -0.05) is 26.0 Å². The SMILES string of the molecule is CC(C)CN(Cc1ccc(OS(C)(=O)=O)cc1)C(=O)c1ccco1. The van der Waals surface area contributed by atoms with Gasteiger partial charge in [0.15, 0.2) is 5.76 Å². The van der Waals surface area contributed by atoms with Crippen LogP contribution in [-0.2, 0) is 16.7 Å². The van der Waals surface area contributed by atoms with E-state index in [4.69, 9.17) is 8.60 Å². The third kappa shape index (κ3) is 5.42. The number of carbonyl (C=O) groups is 1. The van der Waals surface area contributed by atoms with Gasteiger partial charge in [0.2, 0.25) is 0 Å². The molecule has 1 heterocycles. The Morgan fingerprint density at radius 3 is 2.38 bits per heavy atom. The fourth-order valence-corrected chi connectivity index (χ4v) is 2.72. The molecular weight excluding hydrogens is 330 g/mol. The Hall–Kier alpha value is -2.28. The number of hydrogen-bond donors (Lipinski definition) is 0. The van der Waals surface area contributed by atoms with E-state index < -0.39 is 10.1 Å². The summed E-state index contributed by atoms with van der Waals surface area (Å²) in [5.41, 5.74) is 0.872. The third-order valence-electron chi connectivity index (χ3n) is 3.15. The molecule has 0 N–H and O–H groups in total. The zero-order valence-corrected chi connectivity index (χ0v) is 14.7. The van der Waals surface area contributed by atoms with Gasteiger partial charge in [-0.2, -0.15) is 8.42 Å². The Morgan fingerprint density at radius 1 is 1.21 bits per heavy atom. The molecule has 0 saturated heterocycles. The van der Waals surface area contributed by atoms with Crippen molar-refractivity contribution in [1.29, 1.82) is 0 Å². The van der Waals surface area contributed by atoms with E-state index in [9.17, 15) is 13.2 Å². The smallest absolute Gasteiger partial charge is 0.306 e. The van der Waals surface area contributed by atoms with Gasteiger partial charge in [-0.25, -0.2) is 0 Å². The number of carbonyl (C=O) groups excluding carboxylic acids is 1. The van der Waals surface area contributed by atoms with Crippen LogP contribution in [0.2, 0.25) is 0 Å². The van der Waals surface area contributed by atoms with Gasteiger partial charge >= 0.3 is 10.1 Å². The lowest BCUT2D eigenvalue weighted by atomic mass is 10.1. The molecule has 6 nitrogen and oxygen atoms in total. The molecular formula is C17H21NO5S. The van der Waals surface area contributed by atoms with Crippen molar-refractivity contribution in [2.24, 2.45) is 5.92 Å². The topological polar surface area (TPSA) is 76.8 Å². The fourth-order valence-electron chi connectivity index (χ4n) is 2.26. The summed E-state index contributed by atoms with van der Waals surface area (Å²) in [7, 11) is -3.55. The molecule has 0 atom stereocenters. The maximum absolute atomic E-state index is 12.5. The maximum atomic E-state index is 12.5. The van der Waals surface area contributed by atoms with Crippen molar-refractivity contribution < 1.29 is 21.8 Å². The second-order valence-corrected chi connectivity index (χ2v) is 7.56. The second kappa shape index (κ2) is 7.53. The minimum absolute atomic E-state index is 0.176. The van der Waals surface area contributed by atoms with Crippen LogP contribution in [-0.4, -0.2) is 32.0 Å². The molecule has 2 aromatic rings. The number of amides is 1. The van der Waals surface area contributed by atoms with Gasteiger partial charge < -0.3 is 13.5 Å². The largest absolute Gasteiger partial charge is 0.459 e. The molecule has 0 radical (unpaired) electrons. The Labute approximate surface area is 142 Å². The highest BCUT2D eigenvalue weighted by Crippen LogP contribution is 2.17. The van der Waals surface area contributed by atoms with Gasteiger partial charge in [-0.05, 0) is 35.7 Å². The van der Waals surface area contributed by atoms with E-state index >= 15 is 0 Å². The molecule has 1 aromatic heterocycles. The summed E-state index contributed by atoms with van der Waals surface area (Å²) in [6, 6.07) is 9.94. The van der Waals surface area contributed by atoms with Crippen molar-refractivity contribution in [3.05, 3.63) is 54.0 Å². The molecule has 0 aliphatic heterocycles. The highest BCUT2D eigenvalue weighted by atomic mass is 32.2. The van der Waals surface area contributed by atoms with E-state index in [0.717, 1.165) is 11.8 Å². The molecule has 1 amide bonds. The predicted octanol–water partition coefficient (Wildman–Crippen LogP) is 2.92. The number of nitrogens with zero attached hydrogens (tertiary/aromatic N) is 1. The zero-order valence-electron chi connectivity index (χ0n) is 13.9. The number of rotatable bonds is 7. The Kier molecular flexibility index (Phi) is 5.66. The summed E-state index contributed by atoms with van der Waals surface area (Å²) < 4.78 is 32.2. The average molecular weight is 351 g/mol. The van der Waals surface area contributed by atoms with Gasteiger partial charge in [-0.3, -0.25) is 4.79 Å². The Morgan fingerprint density at radius 2 is 1.88 bits per heavy atom. The van der Waals surface area contributed by atoms with Crippen LogP contribution in [0.25, 0.3) is 0 Å². The zero-order chi connectivity index (χ0) is 17.7. The van der Waals surface area contributed by atoms with E-state index in [2.05, 4.69) is 0 Å². The highest BCUT2D eigenvalue weighted by Gasteiger charge is 2.19. The number of furan rings is 1. The van der Waals surface area contributed by atoms with Gasteiger partial charge in [0.05, 0.1) is 12.5 Å². The lowest BCUT2D eigenvalue weighted by Crippen LogP contribution is -2.33. The molecule has 0 unspecified atom stereocenters. The van der Waals surface area contributed by atoms with Crippen LogP contribution in [0, 0.1) is 5.92 Å². The summed E-state index contributed by atoms with van der Waals surface area (Å²) in [5.74, 6) is 0.670. The summed E-state index contributed by atoms with van der Waals surface area (Å²) in [5, 5.41) is 0.